The molecule has 0 aromatic heterocycles. The molecule has 1 unspecified atom stereocenters. The number of likely N-dealkylation sites (N-methyl/N-ethyl adjacent to an activating group) is 1. The van der Waals surface area contributed by atoms with Crippen molar-refractivity contribution in [3.8, 4) is 5.75 Å². The Kier molecular flexibility index (Phi) is 5.36. The van der Waals surface area contributed by atoms with Crippen LogP contribution in [0.25, 0.3) is 0 Å². The molecule has 0 aliphatic heterocycles. The maximum Gasteiger partial charge on any atom is 0.338 e. The molecule has 1 atom stereocenters. The first-order chi connectivity index (χ1) is 8.88. The van der Waals surface area contributed by atoms with Crippen LogP contribution in [0.2, 0.25) is 0 Å². The Morgan fingerprint density at radius 3 is 2.32 bits per heavy atom. The molecule has 1 aromatic rings. The van der Waals surface area contributed by atoms with Gasteiger partial charge in [-0.2, -0.15) is 0 Å². The summed E-state index contributed by atoms with van der Waals surface area (Å²) in [6, 6.07) is 6.95. The summed E-state index contributed by atoms with van der Waals surface area (Å²) < 4.78 is 11.3. The molecule has 0 aliphatic rings. The number of carbonyl (C=O) groups is 1. The fourth-order valence-corrected chi connectivity index (χ4v) is 1.84. The first-order valence-electron chi connectivity index (χ1n) is 6.55. The van der Waals surface area contributed by atoms with Gasteiger partial charge in [0.15, 0.2) is 0 Å². The Labute approximate surface area is 115 Å². The average Bonchev–Trinajstić information content (AvgIpc) is 2.38. The molecular formula is C15H24NO3+. The van der Waals surface area contributed by atoms with Crippen molar-refractivity contribution in [3.63, 3.8) is 0 Å². The standard InChI is InChI=1S/C15H24NO3/c1-6-16(3,4)11-12(2)19-15(17)13-7-9-14(18-5)10-8-13/h7-10,12H,6,11H2,1-5H3/q+1. The Balaban J connectivity index is 2.58. The van der Waals surface area contributed by atoms with Crippen LogP contribution >= 0.6 is 0 Å². The van der Waals surface area contributed by atoms with Crippen LogP contribution in [0.15, 0.2) is 24.3 Å². The second-order valence-corrected chi connectivity index (χ2v) is 5.38. The monoisotopic (exact) mass is 266 g/mol. The number of quaternary nitrogens is 1. The van der Waals surface area contributed by atoms with Crippen molar-refractivity contribution in [2.45, 2.75) is 20.0 Å². The molecule has 0 saturated carbocycles. The summed E-state index contributed by atoms with van der Waals surface area (Å²) in [5.41, 5.74) is 0.550. The molecule has 0 fully saturated rings. The van der Waals surface area contributed by atoms with E-state index in [-0.39, 0.29) is 12.1 Å². The number of rotatable bonds is 6. The highest BCUT2D eigenvalue weighted by molar-refractivity contribution is 5.89. The maximum atomic E-state index is 12.0. The number of carbonyl (C=O) groups excluding carboxylic acids is 1. The largest absolute Gasteiger partial charge is 0.497 e. The molecule has 19 heavy (non-hydrogen) atoms. The van der Waals surface area contributed by atoms with Crippen molar-refractivity contribution in [1.82, 2.24) is 0 Å². The van der Waals surface area contributed by atoms with Crippen LogP contribution in [-0.2, 0) is 4.74 Å². The third kappa shape index (κ3) is 4.91. The predicted molar refractivity (Wildman–Crippen MR) is 75.4 cm³/mol. The third-order valence-electron chi connectivity index (χ3n) is 3.24. The molecule has 0 spiro atoms. The molecule has 0 aliphatic carbocycles. The van der Waals surface area contributed by atoms with Gasteiger partial charge in [-0.25, -0.2) is 4.79 Å². The summed E-state index contributed by atoms with van der Waals surface area (Å²) in [5.74, 6) is 0.444. The number of hydrogen-bond donors (Lipinski definition) is 0. The fraction of sp³-hybridized carbons (Fsp3) is 0.533. The van der Waals surface area contributed by atoms with Crippen molar-refractivity contribution >= 4 is 5.97 Å². The van der Waals surface area contributed by atoms with Gasteiger partial charge in [0.1, 0.15) is 18.4 Å². The lowest BCUT2D eigenvalue weighted by molar-refractivity contribution is -0.891. The number of hydrogen-bond acceptors (Lipinski definition) is 3. The summed E-state index contributed by atoms with van der Waals surface area (Å²) in [4.78, 5) is 12.0. The third-order valence-corrected chi connectivity index (χ3v) is 3.24. The smallest absolute Gasteiger partial charge is 0.338 e. The van der Waals surface area contributed by atoms with Crippen LogP contribution < -0.4 is 4.74 Å². The molecule has 1 aromatic carbocycles. The van der Waals surface area contributed by atoms with Gasteiger partial charge >= 0.3 is 5.97 Å². The van der Waals surface area contributed by atoms with Crippen molar-refractivity contribution in [3.05, 3.63) is 29.8 Å². The first kappa shape index (κ1) is 15.5. The summed E-state index contributed by atoms with van der Waals surface area (Å²) in [6.45, 7) is 5.86. The predicted octanol–water partition coefficient (Wildman–Crippen LogP) is 2.34. The number of ether oxygens (including phenoxy) is 2. The van der Waals surface area contributed by atoms with Gasteiger partial charge in [-0.15, -0.1) is 0 Å². The van der Waals surface area contributed by atoms with Crippen molar-refractivity contribution in [2.75, 3.05) is 34.3 Å². The van der Waals surface area contributed by atoms with Gasteiger partial charge < -0.3 is 14.0 Å². The van der Waals surface area contributed by atoms with Gasteiger partial charge in [0.25, 0.3) is 0 Å². The van der Waals surface area contributed by atoms with Crippen LogP contribution in [0.5, 0.6) is 5.75 Å². The van der Waals surface area contributed by atoms with E-state index in [9.17, 15) is 4.79 Å². The Morgan fingerprint density at radius 1 is 1.26 bits per heavy atom. The van der Waals surface area contributed by atoms with E-state index in [2.05, 4.69) is 21.0 Å². The normalized spacial score (nSPS) is 12.9. The van der Waals surface area contributed by atoms with E-state index >= 15 is 0 Å². The molecule has 0 heterocycles. The van der Waals surface area contributed by atoms with E-state index in [1.165, 1.54) is 0 Å². The molecule has 0 N–H and O–H groups in total. The molecule has 0 radical (unpaired) electrons. The van der Waals surface area contributed by atoms with Crippen LogP contribution in [0.3, 0.4) is 0 Å². The highest BCUT2D eigenvalue weighted by Gasteiger charge is 2.20. The van der Waals surface area contributed by atoms with E-state index in [0.717, 1.165) is 23.3 Å². The number of esters is 1. The summed E-state index contributed by atoms with van der Waals surface area (Å²) in [5, 5.41) is 0. The summed E-state index contributed by atoms with van der Waals surface area (Å²) >= 11 is 0. The molecule has 0 amide bonds. The van der Waals surface area contributed by atoms with E-state index in [0.29, 0.717) is 5.56 Å². The van der Waals surface area contributed by atoms with E-state index in [4.69, 9.17) is 9.47 Å². The number of nitrogens with zero attached hydrogens (tertiary/aromatic N) is 1. The van der Waals surface area contributed by atoms with Crippen molar-refractivity contribution < 1.29 is 18.8 Å². The lowest BCUT2D eigenvalue weighted by Gasteiger charge is -2.30. The van der Waals surface area contributed by atoms with Crippen LogP contribution in [0, 0.1) is 0 Å². The minimum atomic E-state index is -0.286. The van der Waals surface area contributed by atoms with Gasteiger partial charge in [-0.05, 0) is 38.1 Å². The number of benzene rings is 1. The zero-order valence-electron chi connectivity index (χ0n) is 12.5. The Morgan fingerprint density at radius 2 is 1.84 bits per heavy atom. The molecule has 0 saturated heterocycles. The van der Waals surface area contributed by atoms with Crippen molar-refractivity contribution in [2.24, 2.45) is 0 Å². The SMILES string of the molecule is CC[N+](C)(C)CC(C)OC(=O)c1ccc(OC)cc1. The minimum Gasteiger partial charge on any atom is -0.497 e. The minimum absolute atomic E-state index is 0.107. The van der Waals surface area contributed by atoms with Gasteiger partial charge in [0.2, 0.25) is 0 Å². The second kappa shape index (κ2) is 6.57. The average molecular weight is 266 g/mol. The molecule has 0 bridgehead atoms. The molecular weight excluding hydrogens is 242 g/mol. The highest BCUT2D eigenvalue weighted by Crippen LogP contribution is 2.13. The van der Waals surface area contributed by atoms with Gasteiger partial charge in [-0.3, -0.25) is 0 Å². The van der Waals surface area contributed by atoms with Crippen LogP contribution in [-0.4, -0.2) is 50.9 Å². The lowest BCUT2D eigenvalue weighted by atomic mass is 10.2. The zero-order valence-corrected chi connectivity index (χ0v) is 12.5. The Bertz CT molecular complexity index is 412. The molecule has 4 nitrogen and oxygen atoms in total. The van der Waals surface area contributed by atoms with E-state index in [1.54, 1.807) is 31.4 Å². The lowest BCUT2D eigenvalue weighted by Crippen LogP contribution is -2.45. The van der Waals surface area contributed by atoms with Crippen LogP contribution in [0.1, 0.15) is 24.2 Å². The zero-order chi connectivity index (χ0) is 14.5. The highest BCUT2D eigenvalue weighted by atomic mass is 16.5. The number of methoxy groups -OCH3 is 1. The van der Waals surface area contributed by atoms with Gasteiger partial charge in [0, 0.05) is 0 Å². The van der Waals surface area contributed by atoms with E-state index in [1.807, 2.05) is 6.92 Å². The second-order valence-electron chi connectivity index (χ2n) is 5.38. The van der Waals surface area contributed by atoms with Crippen molar-refractivity contribution in [1.29, 1.82) is 0 Å². The first-order valence-corrected chi connectivity index (χ1v) is 6.55. The molecule has 4 heteroatoms. The van der Waals surface area contributed by atoms with Crippen LogP contribution in [0.4, 0.5) is 0 Å². The van der Waals surface area contributed by atoms with E-state index < -0.39 is 0 Å². The summed E-state index contributed by atoms with van der Waals surface area (Å²) in [7, 11) is 5.84. The Hall–Kier alpha value is -1.55. The summed E-state index contributed by atoms with van der Waals surface area (Å²) in [6.07, 6.45) is -0.107. The quantitative estimate of drug-likeness (QED) is 0.585. The van der Waals surface area contributed by atoms with Gasteiger partial charge in [-0.1, -0.05) is 0 Å². The molecule has 106 valence electrons. The maximum absolute atomic E-state index is 12.0. The molecule has 1 rings (SSSR count). The fourth-order valence-electron chi connectivity index (χ4n) is 1.84. The topological polar surface area (TPSA) is 35.5 Å². The van der Waals surface area contributed by atoms with Gasteiger partial charge in [0.05, 0.1) is 33.3 Å².